The molecule has 1 aromatic heterocycles. The number of carbonyl (C=O) groups excluding carboxylic acids is 2. The Morgan fingerprint density at radius 1 is 1.03 bits per heavy atom. The number of hydrogen-bond donors (Lipinski definition) is 1. The minimum Gasteiger partial charge on any atom is -0.453 e. The zero-order chi connectivity index (χ0) is 23.8. The Bertz CT molecular complexity index is 1150. The highest BCUT2D eigenvalue weighted by atomic mass is 19.1. The number of benzene rings is 2. The van der Waals surface area contributed by atoms with Crippen LogP contribution in [0, 0.1) is 5.82 Å². The van der Waals surface area contributed by atoms with Crippen molar-refractivity contribution in [1.29, 1.82) is 0 Å². The summed E-state index contributed by atoms with van der Waals surface area (Å²) in [5.41, 5.74) is 1.63. The number of pyridine rings is 1. The summed E-state index contributed by atoms with van der Waals surface area (Å²) in [6.45, 7) is 2.62. The summed E-state index contributed by atoms with van der Waals surface area (Å²) in [6, 6.07) is 17.8. The van der Waals surface area contributed by atoms with Crippen molar-refractivity contribution in [3.05, 3.63) is 90.5 Å². The molecule has 1 aliphatic heterocycles. The topological polar surface area (TPSA) is 74.8 Å². The maximum atomic E-state index is 14.3. The molecule has 0 atom stereocenters. The van der Waals surface area contributed by atoms with Gasteiger partial charge in [-0.05, 0) is 48.0 Å². The molecule has 0 saturated carbocycles. The van der Waals surface area contributed by atoms with Crippen molar-refractivity contribution in [2.45, 2.75) is 0 Å². The van der Waals surface area contributed by atoms with Crippen LogP contribution in [0.4, 0.5) is 10.1 Å². The molecule has 2 aromatic carbocycles. The lowest BCUT2D eigenvalue weighted by molar-refractivity contribution is -0.132. The van der Waals surface area contributed by atoms with E-state index in [1.165, 1.54) is 30.5 Å². The summed E-state index contributed by atoms with van der Waals surface area (Å²) in [5, 5.41) is 2.60. The van der Waals surface area contributed by atoms with Crippen molar-refractivity contribution in [2.75, 3.05) is 37.6 Å². The molecular weight excluding hydrogens is 435 g/mol. The van der Waals surface area contributed by atoms with Crippen LogP contribution in [-0.4, -0.2) is 54.4 Å². The Morgan fingerprint density at radius 3 is 2.53 bits per heavy atom. The van der Waals surface area contributed by atoms with E-state index in [0.717, 1.165) is 18.8 Å². The highest BCUT2D eigenvalue weighted by molar-refractivity contribution is 5.94. The smallest absolute Gasteiger partial charge is 0.244 e. The van der Waals surface area contributed by atoms with E-state index in [-0.39, 0.29) is 18.2 Å². The molecule has 0 radical (unpaired) electrons. The molecule has 174 valence electrons. The predicted molar refractivity (Wildman–Crippen MR) is 128 cm³/mol. The molecule has 34 heavy (non-hydrogen) atoms. The third kappa shape index (κ3) is 6.19. The second kappa shape index (κ2) is 11.1. The minimum atomic E-state index is -0.559. The van der Waals surface area contributed by atoms with E-state index in [0.29, 0.717) is 24.4 Å². The molecule has 1 aliphatic rings. The third-order valence-corrected chi connectivity index (χ3v) is 5.41. The van der Waals surface area contributed by atoms with Crippen molar-refractivity contribution >= 4 is 23.6 Å². The third-order valence-electron chi connectivity index (χ3n) is 5.41. The van der Waals surface area contributed by atoms with E-state index in [4.69, 9.17) is 4.74 Å². The van der Waals surface area contributed by atoms with Crippen molar-refractivity contribution in [3.63, 3.8) is 0 Å². The lowest BCUT2D eigenvalue weighted by Gasteiger charge is -2.36. The number of nitrogens with one attached hydrogen (secondary N) is 1. The predicted octanol–water partition coefficient (Wildman–Crippen LogP) is 3.49. The molecular formula is C26H25FN4O3. The average Bonchev–Trinajstić information content (AvgIpc) is 2.88. The molecule has 2 amide bonds. The van der Waals surface area contributed by atoms with Gasteiger partial charge in [-0.15, -0.1) is 0 Å². The number of halogens is 1. The number of rotatable bonds is 7. The number of ether oxygens (including phenoxy) is 1. The largest absolute Gasteiger partial charge is 0.453 e. The number of hydrogen-bond acceptors (Lipinski definition) is 5. The van der Waals surface area contributed by atoms with E-state index in [1.54, 1.807) is 29.3 Å². The zero-order valence-corrected chi connectivity index (χ0v) is 18.6. The van der Waals surface area contributed by atoms with Crippen molar-refractivity contribution in [1.82, 2.24) is 15.2 Å². The van der Waals surface area contributed by atoms with Crippen LogP contribution in [0.3, 0.4) is 0 Å². The number of amides is 2. The van der Waals surface area contributed by atoms with Crippen LogP contribution in [0.1, 0.15) is 5.56 Å². The van der Waals surface area contributed by atoms with Gasteiger partial charge < -0.3 is 19.9 Å². The van der Waals surface area contributed by atoms with Gasteiger partial charge in [0.1, 0.15) is 5.75 Å². The first-order valence-corrected chi connectivity index (χ1v) is 11.0. The van der Waals surface area contributed by atoms with Gasteiger partial charge in [-0.1, -0.05) is 24.3 Å². The van der Waals surface area contributed by atoms with Gasteiger partial charge in [0.25, 0.3) is 0 Å². The minimum absolute atomic E-state index is 0.0626. The Balaban J connectivity index is 1.22. The lowest BCUT2D eigenvalue weighted by atomic mass is 10.2. The van der Waals surface area contributed by atoms with Crippen LogP contribution < -0.4 is 15.0 Å². The molecule has 0 bridgehead atoms. The van der Waals surface area contributed by atoms with Crippen LogP contribution in [0.25, 0.3) is 6.08 Å². The first kappa shape index (κ1) is 23.0. The maximum absolute atomic E-state index is 14.3. The number of para-hydroxylation sites is 1. The molecule has 2 heterocycles. The van der Waals surface area contributed by atoms with E-state index >= 15 is 0 Å². The fourth-order valence-electron chi connectivity index (χ4n) is 3.60. The van der Waals surface area contributed by atoms with Gasteiger partial charge in [0.2, 0.25) is 11.8 Å². The Morgan fingerprint density at radius 2 is 1.82 bits per heavy atom. The highest BCUT2D eigenvalue weighted by Gasteiger charge is 2.21. The van der Waals surface area contributed by atoms with Crippen LogP contribution in [0.2, 0.25) is 0 Å². The van der Waals surface area contributed by atoms with Gasteiger partial charge in [-0.3, -0.25) is 14.6 Å². The fraction of sp³-hybridized carbons (Fsp3) is 0.192. The van der Waals surface area contributed by atoms with Crippen molar-refractivity contribution in [2.24, 2.45) is 0 Å². The maximum Gasteiger partial charge on any atom is 0.244 e. The van der Waals surface area contributed by atoms with E-state index < -0.39 is 11.7 Å². The van der Waals surface area contributed by atoms with Gasteiger partial charge in [0, 0.05) is 44.1 Å². The Kier molecular flexibility index (Phi) is 7.49. The molecule has 7 nitrogen and oxygen atoms in total. The summed E-state index contributed by atoms with van der Waals surface area (Å²) >= 11 is 0. The molecule has 0 spiro atoms. The molecule has 0 unspecified atom stereocenters. The summed E-state index contributed by atoms with van der Waals surface area (Å²) < 4.78 is 19.8. The van der Waals surface area contributed by atoms with E-state index in [2.05, 4.69) is 27.3 Å². The van der Waals surface area contributed by atoms with Crippen LogP contribution in [0.15, 0.2) is 79.1 Å². The summed E-state index contributed by atoms with van der Waals surface area (Å²) in [7, 11) is 0. The van der Waals surface area contributed by atoms with Gasteiger partial charge in [0.15, 0.2) is 11.6 Å². The van der Waals surface area contributed by atoms with Gasteiger partial charge in [0.05, 0.1) is 12.7 Å². The van der Waals surface area contributed by atoms with Crippen LogP contribution in [-0.2, 0) is 9.59 Å². The average molecular weight is 461 g/mol. The van der Waals surface area contributed by atoms with Gasteiger partial charge >= 0.3 is 0 Å². The quantitative estimate of drug-likeness (QED) is 0.547. The molecule has 1 saturated heterocycles. The molecule has 4 rings (SSSR count). The molecule has 3 aromatic rings. The molecule has 0 aliphatic carbocycles. The van der Waals surface area contributed by atoms with E-state index in [9.17, 15) is 14.0 Å². The van der Waals surface area contributed by atoms with Crippen LogP contribution >= 0.6 is 0 Å². The zero-order valence-electron chi connectivity index (χ0n) is 18.6. The summed E-state index contributed by atoms with van der Waals surface area (Å²) in [5.74, 6) is -0.621. The first-order chi connectivity index (χ1) is 16.6. The van der Waals surface area contributed by atoms with E-state index in [1.807, 2.05) is 18.2 Å². The lowest BCUT2D eigenvalue weighted by Crippen LogP contribution is -2.51. The van der Waals surface area contributed by atoms with Crippen molar-refractivity contribution < 1.29 is 18.7 Å². The monoisotopic (exact) mass is 460 g/mol. The normalized spacial score (nSPS) is 13.7. The number of aromatic nitrogens is 1. The molecule has 8 heteroatoms. The Hall–Kier alpha value is -4.20. The fourth-order valence-corrected chi connectivity index (χ4v) is 3.60. The van der Waals surface area contributed by atoms with Gasteiger partial charge in [-0.25, -0.2) is 4.39 Å². The number of piperazine rings is 1. The second-order valence-corrected chi connectivity index (χ2v) is 7.74. The van der Waals surface area contributed by atoms with Crippen molar-refractivity contribution in [3.8, 4) is 11.5 Å². The number of nitrogens with zero attached hydrogens (tertiary/aromatic N) is 3. The standard InChI is InChI=1S/C26H25FN4O3/c27-23-17-20(8-10-24(23)34-22-7-4-12-28-18-22)9-11-25(32)29-19-26(33)31-15-13-30(14-16-31)21-5-2-1-3-6-21/h1-12,17-18H,13-16,19H2,(H,29,32)/b11-9+. The SMILES string of the molecule is O=C(/C=C/c1ccc(Oc2cccnc2)c(F)c1)NCC(=O)N1CCN(c2ccccc2)CC1. The summed E-state index contributed by atoms with van der Waals surface area (Å²) in [4.78, 5) is 32.5. The Labute approximate surface area is 197 Å². The molecule has 1 N–H and O–H groups in total. The highest BCUT2D eigenvalue weighted by Crippen LogP contribution is 2.24. The number of anilines is 1. The first-order valence-electron chi connectivity index (χ1n) is 11.0. The van der Waals surface area contributed by atoms with Crippen LogP contribution in [0.5, 0.6) is 11.5 Å². The molecule has 1 fully saturated rings. The number of carbonyl (C=O) groups is 2. The van der Waals surface area contributed by atoms with Gasteiger partial charge in [-0.2, -0.15) is 0 Å². The summed E-state index contributed by atoms with van der Waals surface area (Å²) in [6.07, 6.45) is 5.84. The second-order valence-electron chi connectivity index (χ2n) is 7.74.